The van der Waals surface area contributed by atoms with Crippen molar-refractivity contribution in [1.82, 2.24) is 14.6 Å². The molecule has 0 spiro atoms. The van der Waals surface area contributed by atoms with Gasteiger partial charge in [-0.1, -0.05) is 24.3 Å². The number of rotatable bonds is 5. The lowest BCUT2D eigenvalue weighted by molar-refractivity contribution is 0.0567. The van der Waals surface area contributed by atoms with Crippen molar-refractivity contribution in [1.29, 1.82) is 0 Å². The average molecular weight is 452 g/mol. The summed E-state index contributed by atoms with van der Waals surface area (Å²) >= 11 is 0. The van der Waals surface area contributed by atoms with Crippen LogP contribution in [0.5, 0.6) is 5.75 Å². The molecule has 2 atom stereocenters. The fourth-order valence-corrected chi connectivity index (χ4v) is 4.23. The first-order valence-electron chi connectivity index (χ1n) is 11.5. The van der Waals surface area contributed by atoms with Crippen LogP contribution in [0.1, 0.15) is 70.5 Å². The van der Waals surface area contributed by atoms with Crippen molar-refractivity contribution in [2.24, 2.45) is 5.73 Å². The van der Waals surface area contributed by atoms with E-state index in [-0.39, 0.29) is 18.0 Å². The molecule has 0 saturated carbocycles. The molecular formula is C25H33N5O3. The third kappa shape index (κ3) is 4.95. The largest absolute Gasteiger partial charge is 0.491 e. The number of anilines is 1. The van der Waals surface area contributed by atoms with E-state index in [4.69, 9.17) is 15.2 Å². The summed E-state index contributed by atoms with van der Waals surface area (Å²) in [5.74, 6) is 1.36. The molecule has 0 bridgehead atoms. The third-order valence-electron chi connectivity index (χ3n) is 5.79. The number of fused-ring (bicyclic) bond motifs is 2. The predicted octanol–water partition coefficient (Wildman–Crippen LogP) is 4.84. The molecule has 1 aliphatic carbocycles. The highest BCUT2D eigenvalue weighted by Crippen LogP contribution is 2.36. The molecule has 3 aromatic rings. The molecule has 8 heteroatoms. The van der Waals surface area contributed by atoms with E-state index in [9.17, 15) is 4.79 Å². The molecule has 0 radical (unpaired) electrons. The van der Waals surface area contributed by atoms with Gasteiger partial charge in [0.2, 0.25) is 5.95 Å². The van der Waals surface area contributed by atoms with Crippen LogP contribution in [0.2, 0.25) is 0 Å². The molecule has 1 unspecified atom stereocenters. The first-order valence-corrected chi connectivity index (χ1v) is 11.5. The first-order chi connectivity index (χ1) is 15.6. The monoisotopic (exact) mass is 451 g/mol. The lowest BCUT2D eigenvalue weighted by atomic mass is 9.81. The Bertz CT molecular complexity index is 1130. The van der Waals surface area contributed by atoms with Crippen LogP contribution < -0.4 is 15.4 Å². The Morgan fingerprint density at radius 3 is 2.58 bits per heavy atom. The fraction of sp³-hybridized carbons (Fsp3) is 0.480. The second-order valence-electron chi connectivity index (χ2n) is 9.86. The van der Waals surface area contributed by atoms with Crippen molar-refractivity contribution in [3.63, 3.8) is 0 Å². The van der Waals surface area contributed by atoms with Crippen LogP contribution in [0.4, 0.5) is 10.7 Å². The van der Waals surface area contributed by atoms with Crippen molar-refractivity contribution in [2.75, 3.05) is 11.5 Å². The molecule has 0 aliphatic heterocycles. The summed E-state index contributed by atoms with van der Waals surface area (Å²) in [6.07, 6.45) is 3.29. The van der Waals surface area contributed by atoms with Gasteiger partial charge < -0.3 is 15.2 Å². The van der Waals surface area contributed by atoms with E-state index < -0.39 is 11.7 Å². The SMILES string of the molecule is CC(C)N(C(=O)OC(C)(C)C)c1nnc2ccc(OCC3CC[C@H](N)c4ccccc43)cn12. The number of nitrogens with zero attached hydrogens (tertiary/aromatic N) is 4. The number of amides is 1. The van der Waals surface area contributed by atoms with E-state index in [0.29, 0.717) is 24.0 Å². The van der Waals surface area contributed by atoms with E-state index >= 15 is 0 Å². The Morgan fingerprint density at radius 1 is 1.15 bits per heavy atom. The molecule has 2 N–H and O–H groups in total. The fourth-order valence-electron chi connectivity index (χ4n) is 4.23. The molecule has 176 valence electrons. The van der Waals surface area contributed by atoms with Crippen molar-refractivity contribution in [2.45, 2.75) is 71.1 Å². The smallest absolute Gasteiger partial charge is 0.417 e. The van der Waals surface area contributed by atoms with Crippen LogP contribution in [0.15, 0.2) is 42.6 Å². The van der Waals surface area contributed by atoms with Gasteiger partial charge >= 0.3 is 6.09 Å². The minimum absolute atomic E-state index is 0.0863. The predicted molar refractivity (Wildman–Crippen MR) is 128 cm³/mol. The zero-order valence-electron chi connectivity index (χ0n) is 20.0. The molecule has 8 nitrogen and oxygen atoms in total. The van der Waals surface area contributed by atoms with Crippen LogP contribution in [-0.4, -0.2) is 38.9 Å². The van der Waals surface area contributed by atoms with E-state index in [1.165, 1.54) is 16.0 Å². The van der Waals surface area contributed by atoms with Gasteiger partial charge in [0.1, 0.15) is 11.4 Å². The Balaban J connectivity index is 1.57. The molecule has 1 aliphatic rings. The number of pyridine rings is 1. The summed E-state index contributed by atoms with van der Waals surface area (Å²) < 4.78 is 13.6. The van der Waals surface area contributed by atoms with Gasteiger partial charge in [-0.15, -0.1) is 10.2 Å². The molecule has 2 heterocycles. The highest BCUT2D eigenvalue weighted by molar-refractivity contribution is 5.86. The van der Waals surface area contributed by atoms with Crippen LogP contribution in [0.25, 0.3) is 5.65 Å². The lowest BCUT2D eigenvalue weighted by Crippen LogP contribution is -2.42. The van der Waals surface area contributed by atoms with Gasteiger partial charge in [-0.3, -0.25) is 4.40 Å². The normalized spacial score (nSPS) is 18.3. The summed E-state index contributed by atoms with van der Waals surface area (Å²) in [7, 11) is 0. The number of carbonyl (C=O) groups excluding carboxylic acids is 1. The zero-order chi connectivity index (χ0) is 23.8. The Hall–Kier alpha value is -3.13. The van der Waals surface area contributed by atoms with Crippen molar-refractivity contribution >= 4 is 17.7 Å². The molecule has 1 amide bonds. The van der Waals surface area contributed by atoms with E-state index in [1.54, 1.807) is 4.40 Å². The number of ether oxygens (including phenoxy) is 2. The van der Waals surface area contributed by atoms with Crippen molar-refractivity contribution in [3.05, 3.63) is 53.7 Å². The standard InChI is InChI=1S/C25H33N5O3/c1-16(2)30(24(31)33-25(3,4)5)23-28-27-22-13-11-18(14-29(22)23)32-15-17-10-12-21(26)20-9-7-6-8-19(17)20/h6-9,11,13-14,16-17,21H,10,12,15,26H2,1-5H3/t17?,21-/m0/s1. The lowest BCUT2D eigenvalue weighted by Gasteiger charge is -2.29. The number of nitrogens with two attached hydrogens (primary N) is 1. The second-order valence-corrected chi connectivity index (χ2v) is 9.86. The van der Waals surface area contributed by atoms with E-state index in [1.807, 2.05) is 59.0 Å². The van der Waals surface area contributed by atoms with Gasteiger partial charge in [0, 0.05) is 18.0 Å². The number of hydrogen-bond acceptors (Lipinski definition) is 6. The van der Waals surface area contributed by atoms with Crippen LogP contribution in [-0.2, 0) is 4.74 Å². The Labute approximate surface area is 194 Å². The Morgan fingerprint density at radius 2 is 1.88 bits per heavy atom. The summed E-state index contributed by atoms with van der Waals surface area (Å²) in [4.78, 5) is 14.4. The second kappa shape index (κ2) is 9.02. The summed E-state index contributed by atoms with van der Waals surface area (Å²) in [5.41, 5.74) is 8.78. The minimum Gasteiger partial charge on any atom is -0.491 e. The van der Waals surface area contributed by atoms with E-state index in [2.05, 4.69) is 28.4 Å². The summed E-state index contributed by atoms with van der Waals surface area (Å²) in [5, 5.41) is 8.49. The van der Waals surface area contributed by atoms with Crippen LogP contribution >= 0.6 is 0 Å². The van der Waals surface area contributed by atoms with Crippen molar-refractivity contribution < 1.29 is 14.3 Å². The third-order valence-corrected chi connectivity index (χ3v) is 5.79. The van der Waals surface area contributed by atoms with Gasteiger partial charge in [0.05, 0.1) is 12.8 Å². The van der Waals surface area contributed by atoms with Gasteiger partial charge in [-0.25, -0.2) is 9.69 Å². The zero-order valence-corrected chi connectivity index (χ0v) is 20.0. The number of aromatic nitrogens is 3. The van der Waals surface area contributed by atoms with Gasteiger partial charge in [-0.2, -0.15) is 0 Å². The maximum atomic E-state index is 12.9. The number of benzene rings is 1. The molecule has 0 fully saturated rings. The maximum Gasteiger partial charge on any atom is 0.417 e. The number of hydrogen-bond donors (Lipinski definition) is 1. The molecule has 2 aromatic heterocycles. The van der Waals surface area contributed by atoms with E-state index in [0.717, 1.165) is 12.8 Å². The topological polar surface area (TPSA) is 95.0 Å². The Kier molecular flexibility index (Phi) is 6.30. The summed E-state index contributed by atoms with van der Waals surface area (Å²) in [6.45, 7) is 9.90. The first kappa shape index (κ1) is 23.0. The highest BCUT2D eigenvalue weighted by Gasteiger charge is 2.29. The number of carbonyl (C=O) groups is 1. The van der Waals surface area contributed by atoms with Crippen LogP contribution in [0.3, 0.4) is 0 Å². The molecule has 4 rings (SSSR count). The van der Waals surface area contributed by atoms with Gasteiger partial charge in [-0.05, 0) is 70.7 Å². The van der Waals surface area contributed by atoms with Gasteiger partial charge in [0.25, 0.3) is 0 Å². The average Bonchev–Trinajstić information content (AvgIpc) is 3.15. The molecular weight excluding hydrogens is 418 g/mol. The highest BCUT2D eigenvalue weighted by atomic mass is 16.6. The molecule has 0 saturated heterocycles. The minimum atomic E-state index is -0.613. The van der Waals surface area contributed by atoms with Gasteiger partial charge in [0.15, 0.2) is 5.65 Å². The van der Waals surface area contributed by atoms with Crippen molar-refractivity contribution in [3.8, 4) is 5.75 Å². The maximum absolute atomic E-state index is 12.9. The summed E-state index contributed by atoms with van der Waals surface area (Å²) in [6, 6.07) is 12.0. The molecule has 33 heavy (non-hydrogen) atoms. The van der Waals surface area contributed by atoms with Crippen LogP contribution in [0, 0.1) is 0 Å². The quantitative estimate of drug-likeness (QED) is 0.597. The molecule has 1 aromatic carbocycles.